The number of aromatic nitrogens is 1. The first-order chi connectivity index (χ1) is 10.7. The molecule has 22 heavy (non-hydrogen) atoms. The van der Waals surface area contributed by atoms with Gasteiger partial charge in [-0.3, -0.25) is 10.1 Å². The van der Waals surface area contributed by atoms with Gasteiger partial charge in [-0.05, 0) is 11.6 Å². The Kier molecular flexibility index (Phi) is 2.79. The number of nitro groups is 1. The lowest BCUT2D eigenvalue weighted by Crippen LogP contribution is -2.42. The first kappa shape index (κ1) is 12.8. The van der Waals surface area contributed by atoms with E-state index in [-0.39, 0.29) is 10.6 Å². The van der Waals surface area contributed by atoms with Crippen LogP contribution in [0.4, 0.5) is 5.69 Å². The van der Waals surface area contributed by atoms with E-state index in [1.807, 2.05) is 29.0 Å². The van der Waals surface area contributed by atoms with Gasteiger partial charge in [-0.25, -0.2) is 0 Å². The van der Waals surface area contributed by atoms with Gasteiger partial charge in [0.15, 0.2) is 12.7 Å². The van der Waals surface area contributed by atoms with Crippen LogP contribution >= 0.6 is 0 Å². The van der Waals surface area contributed by atoms with Crippen molar-refractivity contribution < 1.29 is 13.9 Å². The van der Waals surface area contributed by atoms with Crippen LogP contribution in [0.1, 0.15) is 16.8 Å². The molecule has 1 aliphatic heterocycles. The maximum atomic E-state index is 11.7. The van der Waals surface area contributed by atoms with Crippen LogP contribution in [0.5, 0.6) is 0 Å². The third-order valence-corrected chi connectivity index (χ3v) is 4.13. The molecule has 4 rings (SSSR count). The molecule has 0 aliphatic carbocycles. The number of rotatable bonds is 2. The molecule has 0 saturated carbocycles. The second kappa shape index (κ2) is 4.80. The van der Waals surface area contributed by atoms with E-state index >= 15 is 0 Å². The van der Waals surface area contributed by atoms with Crippen molar-refractivity contribution >= 4 is 5.69 Å². The van der Waals surface area contributed by atoms with Gasteiger partial charge < -0.3 is 4.42 Å². The molecule has 0 saturated heterocycles. The average Bonchev–Trinajstić information content (AvgIpc) is 3.05. The van der Waals surface area contributed by atoms with E-state index in [4.69, 9.17) is 4.42 Å². The molecule has 3 heterocycles. The van der Waals surface area contributed by atoms with Crippen molar-refractivity contribution in [3.05, 3.63) is 82.1 Å². The molecular weight excluding hydrogens is 280 g/mol. The fourth-order valence-electron chi connectivity index (χ4n) is 3.06. The lowest BCUT2D eigenvalue weighted by Gasteiger charge is -2.15. The summed E-state index contributed by atoms with van der Waals surface area (Å²) in [4.78, 5) is 11.4. The van der Waals surface area contributed by atoms with E-state index in [2.05, 4.69) is 6.07 Å². The SMILES string of the molecule is O=[N+]([O-])c1c(-c2ccoc2)cc[n+]2c1Cc1ccccc1C2. The molecule has 0 spiro atoms. The highest BCUT2D eigenvalue weighted by molar-refractivity contribution is 5.73. The number of fused-ring (bicyclic) bond motifs is 2. The molecule has 0 radical (unpaired) electrons. The maximum Gasteiger partial charge on any atom is 0.343 e. The van der Waals surface area contributed by atoms with Crippen molar-refractivity contribution in [1.82, 2.24) is 0 Å². The number of nitrogens with zero attached hydrogens (tertiary/aromatic N) is 2. The summed E-state index contributed by atoms with van der Waals surface area (Å²) >= 11 is 0. The zero-order valence-electron chi connectivity index (χ0n) is 11.7. The van der Waals surface area contributed by atoms with E-state index in [0.717, 1.165) is 16.8 Å². The van der Waals surface area contributed by atoms with Crippen molar-refractivity contribution in [2.75, 3.05) is 0 Å². The molecule has 2 aromatic heterocycles. The van der Waals surface area contributed by atoms with Crippen molar-refractivity contribution in [1.29, 1.82) is 0 Å². The molecule has 0 unspecified atom stereocenters. The van der Waals surface area contributed by atoms with Crippen LogP contribution in [-0.4, -0.2) is 4.92 Å². The van der Waals surface area contributed by atoms with Gasteiger partial charge in [0.2, 0.25) is 0 Å². The van der Waals surface area contributed by atoms with Crippen molar-refractivity contribution in [3.63, 3.8) is 0 Å². The number of hydrogen-bond acceptors (Lipinski definition) is 3. The lowest BCUT2D eigenvalue weighted by atomic mass is 9.95. The summed E-state index contributed by atoms with van der Waals surface area (Å²) in [6.45, 7) is 0.665. The minimum atomic E-state index is -0.290. The molecule has 3 aromatic rings. The normalized spacial score (nSPS) is 12.5. The number of benzene rings is 1. The summed E-state index contributed by atoms with van der Waals surface area (Å²) in [5.41, 5.74) is 4.60. The predicted molar refractivity (Wildman–Crippen MR) is 79.3 cm³/mol. The van der Waals surface area contributed by atoms with Crippen LogP contribution in [0, 0.1) is 10.1 Å². The van der Waals surface area contributed by atoms with Crippen molar-refractivity contribution in [2.24, 2.45) is 0 Å². The second-order valence-electron chi connectivity index (χ2n) is 5.37. The van der Waals surface area contributed by atoms with E-state index in [0.29, 0.717) is 18.5 Å². The van der Waals surface area contributed by atoms with Gasteiger partial charge in [0.1, 0.15) is 0 Å². The molecule has 108 valence electrons. The molecule has 0 amide bonds. The Bertz CT molecular complexity index is 870. The third kappa shape index (κ3) is 1.90. The Hall–Kier alpha value is -2.95. The average molecular weight is 293 g/mol. The van der Waals surface area contributed by atoms with E-state index in [1.165, 1.54) is 18.1 Å². The fourth-order valence-corrected chi connectivity index (χ4v) is 3.06. The topological polar surface area (TPSA) is 60.2 Å². The first-order valence-corrected chi connectivity index (χ1v) is 7.03. The molecule has 0 bridgehead atoms. The minimum absolute atomic E-state index is 0.165. The zero-order chi connectivity index (χ0) is 15.1. The smallest absolute Gasteiger partial charge is 0.343 e. The Labute approximate surface area is 126 Å². The monoisotopic (exact) mass is 293 g/mol. The summed E-state index contributed by atoms with van der Waals surface area (Å²) in [6, 6.07) is 11.6. The van der Waals surface area contributed by atoms with Gasteiger partial charge in [0, 0.05) is 17.2 Å². The highest BCUT2D eigenvalue weighted by Gasteiger charge is 2.34. The highest BCUT2D eigenvalue weighted by Crippen LogP contribution is 2.34. The molecule has 1 aromatic carbocycles. The van der Waals surface area contributed by atoms with E-state index in [9.17, 15) is 10.1 Å². The summed E-state index contributed by atoms with van der Waals surface area (Å²) in [5, 5.41) is 11.7. The van der Waals surface area contributed by atoms with Crippen LogP contribution in [0.3, 0.4) is 0 Å². The first-order valence-electron chi connectivity index (χ1n) is 7.03. The van der Waals surface area contributed by atoms with Crippen molar-refractivity contribution in [3.8, 4) is 11.1 Å². The van der Waals surface area contributed by atoms with Crippen LogP contribution in [0.15, 0.2) is 59.5 Å². The van der Waals surface area contributed by atoms with Gasteiger partial charge >= 0.3 is 5.69 Å². The van der Waals surface area contributed by atoms with Gasteiger partial charge in [-0.15, -0.1) is 0 Å². The summed E-state index contributed by atoms with van der Waals surface area (Å²) < 4.78 is 7.04. The molecule has 0 atom stereocenters. The number of pyridine rings is 1. The number of hydrogen-bond donors (Lipinski definition) is 0. The summed E-state index contributed by atoms with van der Waals surface area (Å²) in [6.07, 6.45) is 5.55. The second-order valence-corrected chi connectivity index (χ2v) is 5.37. The fraction of sp³-hybridized carbons (Fsp3) is 0.118. The predicted octanol–water partition coefficient (Wildman–Crippen LogP) is 3.09. The van der Waals surface area contributed by atoms with E-state index < -0.39 is 0 Å². The Morgan fingerprint density at radius 3 is 2.68 bits per heavy atom. The number of furan rings is 1. The molecule has 5 nitrogen and oxygen atoms in total. The van der Waals surface area contributed by atoms with Crippen LogP contribution in [0.2, 0.25) is 0 Å². The van der Waals surface area contributed by atoms with E-state index in [1.54, 1.807) is 12.1 Å². The minimum Gasteiger partial charge on any atom is -0.472 e. The Balaban J connectivity index is 1.93. The summed E-state index contributed by atoms with van der Waals surface area (Å²) in [7, 11) is 0. The van der Waals surface area contributed by atoms with Crippen LogP contribution < -0.4 is 4.57 Å². The van der Waals surface area contributed by atoms with Gasteiger partial charge in [-0.2, -0.15) is 4.57 Å². The highest BCUT2D eigenvalue weighted by atomic mass is 16.6. The third-order valence-electron chi connectivity index (χ3n) is 4.13. The molecule has 5 heteroatoms. The molecular formula is C17H13N2O3+. The Morgan fingerprint density at radius 1 is 1.14 bits per heavy atom. The Morgan fingerprint density at radius 2 is 1.95 bits per heavy atom. The molecule has 1 aliphatic rings. The standard InChI is InChI=1S/C17H13N2O3/c20-19(21)17-15(14-6-8-22-11-14)5-7-18-10-13-4-2-1-3-12(13)9-16(17)18/h1-8,11H,9-10H2/q+1. The quantitative estimate of drug-likeness (QED) is 0.324. The molecule has 0 N–H and O–H groups in total. The van der Waals surface area contributed by atoms with Gasteiger partial charge in [0.05, 0.1) is 29.4 Å². The largest absolute Gasteiger partial charge is 0.472 e. The summed E-state index contributed by atoms with van der Waals surface area (Å²) in [5.74, 6) is 0. The maximum absolute atomic E-state index is 11.7. The van der Waals surface area contributed by atoms with Crippen LogP contribution in [-0.2, 0) is 13.0 Å². The van der Waals surface area contributed by atoms with Gasteiger partial charge in [-0.1, -0.05) is 24.3 Å². The molecule has 0 fully saturated rings. The van der Waals surface area contributed by atoms with Gasteiger partial charge in [0.25, 0.3) is 5.69 Å². The zero-order valence-corrected chi connectivity index (χ0v) is 11.7. The van der Waals surface area contributed by atoms with Crippen LogP contribution in [0.25, 0.3) is 11.1 Å². The van der Waals surface area contributed by atoms with Crippen molar-refractivity contribution in [2.45, 2.75) is 13.0 Å². The lowest BCUT2D eigenvalue weighted by molar-refractivity contribution is -0.700.